The predicted molar refractivity (Wildman–Crippen MR) is 87.7 cm³/mol. The van der Waals surface area contributed by atoms with Crippen molar-refractivity contribution in [2.75, 3.05) is 5.32 Å². The monoisotopic (exact) mass is 298 g/mol. The van der Waals surface area contributed by atoms with Crippen LogP contribution in [0.1, 0.15) is 22.6 Å². The molecular weight excluding hydrogens is 280 g/mol. The zero-order valence-corrected chi connectivity index (χ0v) is 13.0. The lowest BCUT2D eigenvalue weighted by Crippen LogP contribution is -1.96. The molecule has 3 rings (SSSR count). The number of hydrogen-bond acceptors (Lipinski definition) is 4. The molecular formula is C17H18N2OS. The minimum Gasteiger partial charge on any atom is -0.449 e. The van der Waals surface area contributed by atoms with E-state index in [4.69, 9.17) is 4.42 Å². The molecule has 3 aromatic rings. The Morgan fingerprint density at radius 3 is 2.48 bits per heavy atom. The van der Waals surface area contributed by atoms with Crippen molar-refractivity contribution in [1.82, 2.24) is 4.98 Å². The van der Waals surface area contributed by atoms with E-state index in [-0.39, 0.29) is 0 Å². The molecule has 0 fully saturated rings. The number of hydrogen-bond donors (Lipinski definition) is 1. The maximum Gasteiger partial charge on any atom is 0.191 e. The molecule has 0 atom stereocenters. The van der Waals surface area contributed by atoms with E-state index in [1.54, 1.807) is 6.26 Å². The van der Waals surface area contributed by atoms with Crippen LogP contribution in [0.25, 0.3) is 11.3 Å². The maximum absolute atomic E-state index is 5.24. The van der Waals surface area contributed by atoms with E-state index in [9.17, 15) is 0 Å². The Kier molecular flexibility index (Phi) is 4.06. The fourth-order valence-electron chi connectivity index (χ4n) is 2.15. The molecule has 0 unspecified atom stereocenters. The number of rotatable bonds is 5. The molecule has 0 radical (unpaired) electrons. The van der Waals surface area contributed by atoms with E-state index in [2.05, 4.69) is 53.6 Å². The Labute approximate surface area is 128 Å². The molecule has 0 aliphatic carbocycles. The predicted octanol–water partition coefficient (Wildman–Crippen LogP) is 4.89. The number of nitrogens with zero attached hydrogens (tertiary/aromatic N) is 1. The number of aryl methyl sites for hydroxylation is 2. The lowest BCUT2D eigenvalue weighted by molar-refractivity contribution is 0.521. The van der Waals surface area contributed by atoms with Gasteiger partial charge in [-0.05, 0) is 30.7 Å². The summed E-state index contributed by atoms with van der Waals surface area (Å²) in [5.74, 6) is 0.691. The van der Waals surface area contributed by atoms with Gasteiger partial charge in [0.2, 0.25) is 0 Å². The smallest absolute Gasteiger partial charge is 0.191 e. The van der Waals surface area contributed by atoms with Gasteiger partial charge in [-0.2, -0.15) is 0 Å². The van der Waals surface area contributed by atoms with Crippen LogP contribution in [0.5, 0.6) is 0 Å². The minimum atomic E-state index is 0.691. The van der Waals surface area contributed by atoms with Crippen LogP contribution in [0.4, 0.5) is 5.69 Å². The molecule has 0 bridgehead atoms. The van der Waals surface area contributed by atoms with E-state index < -0.39 is 0 Å². The molecule has 0 aliphatic rings. The van der Waals surface area contributed by atoms with Crippen LogP contribution in [0.2, 0.25) is 0 Å². The second kappa shape index (κ2) is 6.14. The van der Waals surface area contributed by atoms with E-state index in [0.717, 1.165) is 29.9 Å². The molecule has 21 heavy (non-hydrogen) atoms. The van der Waals surface area contributed by atoms with Gasteiger partial charge in [-0.25, -0.2) is 4.98 Å². The zero-order chi connectivity index (χ0) is 14.7. The third kappa shape index (κ3) is 3.34. The van der Waals surface area contributed by atoms with Crippen LogP contribution in [-0.4, -0.2) is 4.98 Å². The van der Waals surface area contributed by atoms with Crippen LogP contribution in [0, 0.1) is 6.92 Å². The van der Waals surface area contributed by atoms with Gasteiger partial charge in [-0.15, -0.1) is 11.3 Å². The highest BCUT2D eigenvalue weighted by atomic mass is 32.1. The second-order valence-corrected chi connectivity index (χ2v) is 6.16. The fourth-order valence-corrected chi connectivity index (χ4v) is 3.05. The van der Waals surface area contributed by atoms with E-state index in [1.807, 2.05) is 18.3 Å². The summed E-state index contributed by atoms with van der Waals surface area (Å²) in [5.41, 5.74) is 3.07. The van der Waals surface area contributed by atoms with Gasteiger partial charge in [0.25, 0.3) is 0 Å². The number of aromatic nitrogens is 1. The maximum atomic E-state index is 5.24. The van der Waals surface area contributed by atoms with Crippen molar-refractivity contribution >= 4 is 17.0 Å². The SMILES string of the molecule is CCc1ccc(CNc2ccc(-c3coc(C)n3)cc2)s1. The van der Waals surface area contributed by atoms with Crippen molar-refractivity contribution in [2.45, 2.75) is 26.8 Å². The molecule has 0 spiro atoms. The third-order valence-electron chi connectivity index (χ3n) is 3.33. The second-order valence-electron chi connectivity index (χ2n) is 4.90. The molecule has 4 heteroatoms. The first-order chi connectivity index (χ1) is 10.2. The summed E-state index contributed by atoms with van der Waals surface area (Å²) in [4.78, 5) is 7.13. The summed E-state index contributed by atoms with van der Waals surface area (Å²) in [6.45, 7) is 4.91. The van der Waals surface area contributed by atoms with E-state index in [0.29, 0.717) is 5.89 Å². The lowest BCUT2D eigenvalue weighted by atomic mass is 10.1. The van der Waals surface area contributed by atoms with Crippen molar-refractivity contribution in [1.29, 1.82) is 0 Å². The molecule has 3 nitrogen and oxygen atoms in total. The zero-order valence-electron chi connectivity index (χ0n) is 12.2. The molecule has 2 aromatic heterocycles. The van der Waals surface area contributed by atoms with Crippen LogP contribution < -0.4 is 5.32 Å². The molecule has 108 valence electrons. The highest BCUT2D eigenvalue weighted by Crippen LogP contribution is 2.22. The molecule has 0 amide bonds. The van der Waals surface area contributed by atoms with Gasteiger partial charge in [0.15, 0.2) is 5.89 Å². The van der Waals surface area contributed by atoms with E-state index >= 15 is 0 Å². The highest BCUT2D eigenvalue weighted by Gasteiger charge is 2.03. The van der Waals surface area contributed by atoms with Crippen LogP contribution >= 0.6 is 11.3 Å². The Morgan fingerprint density at radius 1 is 1.10 bits per heavy atom. The quantitative estimate of drug-likeness (QED) is 0.729. The first kappa shape index (κ1) is 13.9. The van der Waals surface area contributed by atoms with Crippen LogP contribution in [0.3, 0.4) is 0 Å². The van der Waals surface area contributed by atoms with Crippen molar-refractivity contribution in [3.8, 4) is 11.3 Å². The molecule has 0 saturated carbocycles. The number of anilines is 1. The normalized spacial score (nSPS) is 10.8. The molecule has 2 heterocycles. The number of thiophene rings is 1. The van der Waals surface area contributed by atoms with Crippen molar-refractivity contribution < 1.29 is 4.42 Å². The third-order valence-corrected chi connectivity index (χ3v) is 4.56. The Balaban J connectivity index is 1.64. The van der Waals surface area contributed by atoms with Gasteiger partial charge in [0.1, 0.15) is 12.0 Å². The lowest BCUT2D eigenvalue weighted by Gasteiger charge is -2.05. The molecule has 1 N–H and O–H groups in total. The summed E-state index contributed by atoms with van der Waals surface area (Å²) in [7, 11) is 0. The van der Waals surface area contributed by atoms with Crippen molar-refractivity contribution in [3.63, 3.8) is 0 Å². The Hall–Kier alpha value is -2.07. The van der Waals surface area contributed by atoms with Crippen LogP contribution in [0.15, 0.2) is 47.1 Å². The van der Waals surface area contributed by atoms with Gasteiger partial charge in [-0.3, -0.25) is 0 Å². The summed E-state index contributed by atoms with van der Waals surface area (Å²) in [5, 5.41) is 3.45. The fraction of sp³-hybridized carbons (Fsp3) is 0.235. The minimum absolute atomic E-state index is 0.691. The molecule has 0 aliphatic heterocycles. The number of oxazole rings is 1. The summed E-state index contributed by atoms with van der Waals surface area (Å²) < 4.78 is 5.24. The summed E-state index contributed by atoms with van der Waals surface area (Å²) >= 11 is 1.87. The van der Waals surface area contributed by atoms with Crippen LogP contribution in [-0.2, 0) is 13.0 Å². The van der Waals surface area contributed by atoms with Crippen molar-refractivity contribution in [3.05, 3.63) is 58.3 Å². The van der Waals surface area contributed by atoms with E-state index in [1.165, 1.54) is 9.75 Å². The number of nitrogens with one attached hydrogen (secondary N) is 1. The van der Waals surface area contributed by atoms with Gasteiger partial charge in [-0.1, -0.05) is 19.1 Å². The first-order valence-electron chi connectivity index (χ1n) is 7.08. The Bertz CT molecular complexity index is 712. The largest absolute Gasteiger partial charge is 0.449 e. The van der Waals surface area contributed by atoms with Gasteiger partial charge >= 0.3 is 0 Å². The molecule has 0 saturated heterocycles. The Morgan fingerprint density at radius 2 is 1.86 bits per heavy atom. The summed E-state index contributed by atoms with van der Waals surface area (Å²) in [6.07, 6.45) is 2.80. The topological polar surface area (TPSA) is 38.1 Å². The summed E-state index contributed by atoms with van der Waals surface area (Å²) in [6, 6.07) is 12.7. The average molecular weight is 298 g/mol. The van der Waals surface area contributed by atoms with Gasteiger partial charge in [0, 0.05) is 34.5 Å². The van der Waals surface area contributed by atoms with Crippen molar-refractivity contribution in [2.24, 2.45) is 0 Å². The van der Waals surface area contributed by atoms with Gasteiger partial charge in [0.05, 0.1) is 0 Å². The average Bonchev–Trinajstić information content (AvgIpc) is 3.14. The van der Waals surface area contributed by atoms with Gasteiger partial charge < -0.3 is 9.73 Å². The standard InChI is InChI=1S/C17H18N2OS/c1-3-15-8-9-16(21-15)10-18-14-6-4-13(5-7-14)17-11-20-12(2)19-17/h4-9,11,18H,3,10H2,1-2H3. The first-order valence-corrected chi connectivity index (χ1v) is 7.90. The molecule has 1 aromatic carbocycles. The highest BCUT2D eigenvalue weighted by molar-refractivity contribution is 7.12. The number of benzene rings is 1.